The molecule has 2 unspecified atom stereocenters. The van der Waals surface area contributed by atoms with Crippen molar-refractivity contribution in [2.45, 2.75) is 44.6 Å². The summed E-state index contributed by atoms with van der Waals surface area (Å²) in [6, 6.07) is 0.402. The number of ether oxygens (including phenoxy) is 2. The van der Waals surface area contributed by atoms with E-state index >= 15 is 0 Å². The fourth-order valence-corrected chi connectivity index (χ4v) is 4.21. The monoisotopic (exact) mass is 310 g/mol. The number of carbonyl (C=O) groups excluding carboxylic acids is 1. The predicted octanol–water partition coefficient (Wildman–Crippen LogP) is 2.35. The number of aryl methyl sites for hydroxylation is 1. The van der Waals surface area contributed by atoms with E-state index in [1.807, 2.05) is 6.92 Å². The van der Waals surface area contributed by atoms with Gasteiger partial charge in [0.05, 0.1) is 24.9 Å². The van der Waals surface area contributed by atoms with Crippen LogP contribution in [0.25, 0.3) is 0 Å². The fraction of sp³-hybridized carbons (Fsp3) is 0.733. The Kier molecular flexibility index (Phi) is 4.45. The molecule has 0 N–H and O–H groups in total. The lowest BCUT2D eigenvalue weighted by Gasteiger charge is -2.22. The summed E-state index contributed by atoms with van der Waals surface area (Å²) < 4.78 is 10.7. The Bertz CT molecular complexity index is 511. The van der Waals surface area contributed by atoms with Gasteiger partial charge < -0.3 is 14.4 Å². The summed E-state index contributed by atoms with van der Waals surface area (Å²) >= 11 is 1.72. The number of rotatable bonds is 4. The second-order valence-electron chi connectivity index (χ2n) is 5.63. The van der Waals surface area contributed by atoms with E-state index < -0.39 is 0 Å². The van der Waals surface area contributed by atoms with E-state index in [0.29, 0.717) is 12.6 Å². The van der Waals surface area contributed by atoms with Gasteiger partial charge in [0.2, 0.25) is 0 Å². The van der Waals surface area contributed by atoms with E-state index in [-0.39, 0.29) is 11.9 Å². The fourth-order valence-electron chi connectivity index (χ4n) is 3.01. The molecule has 1 aliphatic heterocycles. The first-order chi connectivity index (χ1) is 10.2. The van der Waals surface area contributed by atoms with Gasteiger partial charge in [-0.15, -0.1) is 11.3 Å². The zero-order chi connectivity index (χ0) is 14.8. The molecule has 3 rings (SSSR count). The molecule has 2 heterocycles. The molecule has 0 bridgehead atoms. The number of thiazole rings is 1. The largest absolute Gasteiger partial charge is 0.465 e. The van der Waals surface area contributed by atoms with Crippen molar-refractivity contribution in [3.05, 3.63) is 10.6 Å². The molecule has 0 radical (unpaired) electrons. The first-order valence-electron chi connectivity index (χ1n) is 7.67. The average molecular weight is 310 g/mol. The third-order valence-electron chi connectivity index (χ3n) is 4.27. The number of aromatic nitrogens is 1. The summed E-state index contributed by atoms with van der Waals surface area (Å²) in [5.41, 5.74) is 0.950. The van der Waals surface area contributed by atoms with Crippen LogP contribution in [-0.2, 0) is 20.7 Å². The van der Waals surface area contributed by atoms with Crippen molar-refractivity contribution in [2.75, 3.05) is 31.8 Å². The van der Waals surface area contributed by atoms with Gasteiger partial charge in [-0.2, -0.15) is 0 Å². The highest BCUT2D eigenvalue weighted by Crippen LogP contribution is 2.39. The van der Waals surface area contributed by atoms with Crippen LogP contribution in [0.4, 0.5) is 5.13 Å². The summed E-state index contributed by atoms with van der Waals surface area (Å²) in [6.07, 6.45) is 3.96. The van der Waals surface area contributed by atoms with Gasteiger partial charge in [0.15, 0.2) is 5.13 Å². The highest BCUT2D eigenvalue weighted by Gasteiger charge is 2.33. The summed E-state index contributed by atoms with van der Waals surface area (Å²) in [5.74, 6) is -0.297. The van der Waals surface area contributed by atoms with Crippen LogP contribution in [0, 0.1) is 0 Å². The summed E-state index contributed by atoms with van der Waals surface area (Å²) in [5, 5.41) is 1.01. The number of esters is 1. The molecular formula is C15H22N2O3S. The molecular weight excluding hydrogens is 288 g/mol. The number of hydrogen-bond donors (Lipinski definition) is 0. The van der Waals surface area contributed by atoms with E-state index in [2.05, 4.69) is 11.9 Å². The van der Waals surface area contributed by atoms with Crippen LogP contribution in [0.3, 0.4) is 0 Å². The lowest BCUT2D eigenvalue weighted by atomic mass is 9.91. The molecule has 2 aliphatic rings. The second-order valence-corrected chi connectivity index (χ2v) is 6.69. The van der Waals surface area contributed by atoms with Crippen molar-refractivity contribution in [3.63, 3.8) is 0 Å². The van der Waals surface area contributed by atoms with Gasteiger partial charge in [-0.1, -0.05) is 0 Å². The van der Waals surface area contributed by atoms with Crippen molar-refractivity contribution in [1.82, 2.24) is 4.98 Å². The Balaban J connectivity index is 1.81. The summed E-state index contributed by atoms with van der Waals surface area (Å²) in [7, 11) is 2.07. The van der Waals surface area contributed by atoms with E-state index in [1.54, 1.807) is 11.3 Å². The van der Waals surface area contributed by atoms with Gasteiger partial charge in [-0.25, -0.2) is 4.98 Å². The van der Waals surface area contributed by atoms with Crippen molar-refractivity contribution in [3.8, 4) is 0 Å². The minimum Gasteiger partial charge on any atom is -0.465 e. The highest BCUT2D eigenvalue weighted by molar-refractivity contribution is 7.15. The molecule has 1 aromatic heterocycles. The highest BCUT2D eigenvalue weighted by atomic mass is 32.1. The van der Waals surface area contributed by atoms with E-state index in [4.69, 9.17) is 14.5 Å². The minimum atomic E-state index is -0.174. The number of hydrogen-bond acceptors (Lipinski definition) is 6. The standard InChI is InChI=1S/C15H22N2O3S/c1-3-20-14(18)11-5-4-6-12-13(11)16-15(21-12)17(2)10-7-8-19-9-10/h10-11H,3-9H2,1-2H3. The molecule has 2 atom stereocenters. The minimum absolute atomic E-state index is 0.123. The van der Waals surface area contributed by atoms with Gasteiger partial charge >= 0.3 is 5.97 Å². The molecule has 1 saturated heterocycles. The summed E-state index contributed by atoms with van der Waals surface area (Å²) in [6.45, 7) is 3.87. The number of fused-ring (bicyclic) bond motifs is 1. The number of nitrogens with zero attached hydrogens (tertiary/aromatic N) is 2. The lowest BCUT2D eigenvalue weighted by molar-refractivity contribution is -0.145. The van der Waals surface area contributed by atoms with Crippen LogP contribution in [0.15, 0.2) is 0 Å². The predicted molar refractivity (Wildman–Crippen MR) is 82.1 cm³/mol. The zero-order valence-corrected chi connectivity index (χ0v) is 13.4. The number of likely N-dealkylation sites (N-methyl/N-ethyl adjacent to an activating group) is 1. The van der Waals surface area contributed by atoms with E-state index in [1.165, 1.54) is 4.88 Å². The molecule has 21 heavy (non-hydrogen) atoms. The van der Waals surface area contributed by atoms with Crippen LogP contribution in [-0.4, -0.2) is 43.9 Å². The second kappa shape index (κ2) is 6.32. The molecule has 0 amide bonds. The molecule has 0 spiro atoms. The molecule has 5 nitrogen and oxygen atoms in total. The Morgan fingerprint density at radius 1 is 1.52 bits per heavy atom. The van der Waals surface area contributed by atoms with Gasteiger partial charge in [-0.3, -0.25) is 4.79 Å². The number of carbonyl (C=O) groups is 1. The smallest absolute Gasteiger partial charge is 0.315 e. The Hall–Kier alpha value is -1.14. The Labute approximate surface area is 129 Å². The van der Waals surface area contributed by atoms with E-state index in [0.717, 1.165) is 49.7 Å². The number of anilines is 1. The van der Waals surface area contributed by atoms with Crippen molar-refractivity contribution >= 4 is 22.4 Å². The van der Waals surface area contributed by atoms with Gasteiger partial charge in [-0.05, 0) is 32.6 Å². The average Bonchev–Trinajstić information content (AvgIpc) is 3.15. The Morgan fingerprint density at radius 3 is 3.10 bits per heavy atom. The summed E-state index contributed by atoms with van der Waals surface area (Å²) in [4.78, 5) is 20.3. The maximum atomic E-state index is 12.1. The maximum absolute atomic E-state index is 12.1. The molecule has 0 saturated carbocycles. The molecule has 1 aromatic rings. The van der Waals surface area contributed by atoms with Crippen LogP contribution >= 0.6 is 11.3 Å². The van der Waals surface area contributed by atoms with Crippen molar-refractivity contribution in [1.29, 1.82) is 0 Å². The first kappa shape index (κ1) is 14.8. The van der Waals surface area contributed by atoms with Crippen LogP contribution < -0.4 is 4.90 Å². The first-order valence-corrected chi connectivity index (χ1v) is 8.49. The molecule has 6 heteroatoms. The normalized spacial score (nSPS) is 24.7. The third kappa shape index (κ3) is 2.92. The van der Waals surface area contributed by atoms with Gasteiger partial charge in [0, 0.05) is 18.5 Å². The Morgan fingerprint density at radius 2 is 2.38 bits per heavy atom. The lowest BCUT2D eigenvalue weighted by Crippen LogP contribution is -2.31. The topological polar surface area (TPSA) is 51.7 Å². The molecule has 1 fully saturated rings. The van der Waals surface area contributed by atoms with Crippen molar-refractivity contribution in [2.24, 2.45) is 0 Å². The zero-order valence-electron chi connectivity index (χ0n) is 12.6. The SMILES string of the molecule is CCOC(=O)C1CCCc2sc(N(C)C3CCOC3)nc21. The van der Waals surface area contributed by atoms with Crippen LogP contribution in [0.1, 0.15) is 42.7 Å². The molecule has 0 aromatic carbocycles. The van der Waals surface area contributed by atoms with Crippen LogP contribution in [0.5, 0.6) is 0 Å². The third-order valence-corrected chi connectivity index (χ3v) is 5.49. The van der Waals surface area contributed by atoms with Crippen LogP contribution in [0.2, 0.25) is 0 Å². The molecule has 116 valence electrons. The maximum Gasteiger partial charge on any atom is 0.315 e. The quantitative estimate of drug-likeness (QED) is 0.799. The molecule has 1 aliphatic carbocycles. The van der Waals surface area contributed by atoms with Gasteiger partial charge in [0.1, 0.15) is 5.92 Å². The van der Waals surface area contributed by atoms with Gasteiger partial charge in [0.25, 0.3) is 0 Å². The van der Waals surface area contributed by atoms with E-state index in [9.17, 15) is 4.79 Å². The van der Waals surface area contributed by atoms with Crippen molar-refractivity contribution < 1.29 is 14.3 Å².